The van der Waals surface area contributed by atoms with E-state index in [1.807, 2.05) is 18.2 Å². The fraction of sp³-hybridized carbons (Fsp3) is 0.0714. The van der Waals surface area contributed by atoms with Crippen LogP contribution in [0.15, 0.2) is 53.8 Å². The number of nitrogens with zero attached hydrogens (tertiary/aromatic N) is 1. The maximum atomic E-state index is 11.8. The number of aromatic hydroxyl groups is 1. The number of carbonyl (C=O) groups excluding carboxylic acids is 1. The Hall–Kier alpha value is -2.48. The van der Waals surface area contributed by atoms with Gasteiger partial charge in [0.2, 0.25) is 5.69 Å². The molecule has 0 aliphatic rings. The van der Waals surface area contributed by atoms with Crippen molar-refractivity contribution in [1.29, 1.82) is 0 Å². The number of benzene rings is 1. The number of hydrogen-bond donors (Lipinski definition) is 2. The summed E-state index contributed by atoms with van der Waals surface area (Å²) in [5.41, 5.74) is 4.05. The van der Waals surface area contributed by atoms with E-state index in [1.165, 1.54) is 12.1 Å². The molecule has 2 rings (SSSR count). The van der Waals surface area contributed by atoms with Crippen molar-refractivity contribution in [2.24, 2.45) is 5.10 Å². The van der Waals surface area contributed by atoms with Gasteiger partial charge in [-0.05, 0) is 25.1 Å². The molecule has 1 amide bonds. The zero-order chi connectivity index (χ0) is 13.7. The normalized spacial score (nSPS) is 9.59. The predicted octanol–water partition coefficient (Wildman–Crippen LogP) is -3.29. The van der Waals surface area contributed by atoms with Gasteiger partial charge in [-0.1, -0.05) is 12.1 Å². The number of para-hydroxylation sites is 1. The molecule has 7 N–H and O–H groups in total. The van der Waals surface area contributed by atoms with Crippen molar-refractivity contribution < 1.29 is 38.2 Å². The van der Waals surface area contributed by atoms with E-state index in [4.69, 9.17) is 0 Å². The lowest BCUT2D eigenvalue weighted by Gasteiger charge is -2.02. The monoisotopic (exact) mass is 327 g/mol. The van der Waals surface area contributed by atoms with Gasteiger partial charge in [-0.25, -0.2) is 10.4 Å². The van der Waals surface area contributed by atoms with Crippen LogP contribution in [0.3, 0.4) is 0 Å². The molecule has 0 unspecified atom stereocenters. The molecule has 0 aliphatic heterocycles. The van der Waals surface area contributed by atoms with Crippen LogP contribution in [-0.2, 0) is 0 Å². The zero-order valence-corrected chi connectivity index (χ0v) is 12.6. The van der Waals surface area contributed by atoms with Crippen molar-refractivity contribution >= 4 is 11.6 Å². The van der Waals surface area contributed by atoms with Crippen molar-refractivity contribution in [2.75, 3.05) is 0 Å². The first-order valence-electron chi connectivity index (χ1n) is 5.78. The molecule has 1 heterocycles. The Morgan fingerprint density at radius 1 is 1.14 bits per heavy atom. The number of aromatic nitrogens is 1. The van der Waals surface area contributed by atoms with Crippen LogP contribution in [0.2, 0.25) is 0 Å². The Balaban J connectivity index is 0. The quantitative estimate of drug-likeness (QED) is 0.451. The van der Waals surface area contributed by atoms with Gasteiger partial charge < -0.3 is 28.5 Å². The van der Waals surface area contributed by atoms with Gasteiger partial charge in [-0.2, -0.15) is 5.10 Å². The highest BCUT2D eigenvalue weighted by Crippen LogP contribution is 2.14. The highest BCUT2D eigenvalue weighted by molar-refractivity contribution is 5.99. The molecule has 120 valence electrons. The lowest BCUT2D eigenvalue weighted by Crippen LogP contribution is -3.00. The summed E-state index contributed by atoms with van der Waals surface area (Å²) in [6.07, 6.45) is 1.78. The minimum atomic E-state index is -0.451. The van der Waals surface area contributed by atoms with Crippen molar-refractivity contribution in [3.05, 3.63) is 59.9 Å². The van der Waals surface area contributed by atoms with Crippen LogP contribution in [0, 0.1) is 0 Å². The van der Waals surface area contributed by atoms with E-state index >= 15 is 0 Å². The van der Waals surface area contributed by atoms with Gasteiger partial charge in [0.05, 0.1) is 5.56 Å². The molecule has 2 aromatic rings. The van der Waals surface area contributed by atoms with E-state index in [2.05, 4.69) is 15.5 Å². The molecule has 0 atom stereocenters. The number of H-pyrrole nitrogens is 1. The van der Waals surface area contributed by atoms with Crippen LogP contribution in [0.4, 0.5) is 0 Å². The van der Waals surface area contributed by atoms with Crippen molar-refractivity contribution in [3.63, 3.8) is 0 Å². The Morgan fingerprint density at radius 2 is 1.77 bits per heavy atom. The van der Waals surface area contributed by atoms with Crippen molar-refractivity contribution in [1.82, 2.24) is 5.43 Å². The van der Waals surface area contributed by atoms with Gasteiger partial charge in [0.1, 0.15) is 11.5 Å². The second-order valence-corrected chi connectivity index (χ2v) is 3.93. The first-order valence-corrected chi connectivity index (χ1v) is 5.78. The number of halogens is 1. The number of pyridine rings is 1. The van der Waals surface area contributed by atoms with E-state index in [0.29, 0.717) is 5.71 Å². The topological polar surface area (TPSA) is 139 Å². The van der Waals surface area contributed by atoms with Crippen LogP contribution in [0.5, 0.6) is 5.75 Å². The number of carbonyl (C=O) groups is 1. The lowest BCUT2D eigenvalue weighted by atomic mass is 10.2. The lowest BCUT2D eigenvalue weighted by molar-refractivity contribution is -0.380. The van der Waals surface area contributed by atoms with E-state index < -0.39 is 5.91 Å². The molecule has 0 fully saturated rings. The third-order valence-corrected chi connectivity index (χ3v) is 2.57. The summed E-state index contributed by atoms with van der Waals surface area (Å²) in [4.78, 5) is 14.8. The highest BCUT2D eigenvalue weighted by Gasteiger charge is 2.10. The zero-order valence-electron chi connectivity index (χ0n) is 11.8. The average molecular weight is 328 g/mol. The molecule has 8 heteroatoms. The average Bonchev–Trinajstić information content (AvgIpc) is 2.46. The maximum absolute atomic E-state index is 11.8. The minimum absolute atomic E-state index is 0. The number of aromatic amines is 1. The molecule has 1 aromatic heterocycles. The standard InChI is InChI=1S/C14H13N3O2.ClH.2H2O/c1-10(12-7-4-5-9-15-12)16-17-14(19)11-6-2-3-8-13(11)18;;;/h2-9,18H,1H3,(H,17,19);1H;2*1H2/b16-10+;;;. The van der Waals surface area contributed by atoms with Crippen molar-refractivity contribution in [3.8, 4) is 5.75 Å². The van der Waals surface area contributed by atoms with Gasteiger partial charge in [-0.15, -0.1) is 0 Å². The van der Waals surface area contributed by atoms with Gasteiger partial charge in [0.25, 0.3) is 5.91 Å². The van der Waals surface area contributed by atoms with Gasteiger partial charge in [0.15, 0.2) is 6.20 Å². The summed E-state index contributed by atoms with van der Waals surface area (Å²) in [5, 5.41) is 13.5. The Kier molecular flexibility index (Phi) is 10.2. The van der Waals surface area contributed by atoms with E-state index in [9.17, 15) is 9.90 Å². The smallest absolute Gasteiger partial charge is 0.275 e. The number of phenolic OH excluding ortho intramolecular Hbond substituents is 1. The predicted molar refractivity (Wildman–Crippen MR) is 78.0 cm³/mol. The van der Waals surface area contributed by atoms with Crippen LogP contribution in [-0.4, -0.2) is 27.7 Å². The molecule has 0 saturated carbocycles. The summed E-state index contributed by atoms with van der Waals surface area (Å²) in [7, 11) is 0. The summed E-state index contributed by atoms with van der Waals surface area (Å²) in [6, 6.07) is 11.9. The second-order valence-electron chi connectivity index (χ2n) is 3.93. The number of hydrazone groups is 1. The van der Waals surface area contributed by atoms with Crippen LogP contribution in [0.1, 0.15) is 23.0 Å². The summed E-state index contributed by atoms with van der Waals surface area (Å²) < 4.78 is 0. The molecule has 0 spiro atoms. The van der Waals surface area contributed by atoms with Gasteiger partial charge in [0, 0.05) is 12.1 Å². The number of hydrogen-bond acceptors (Lipinski definition) is 3. The third-order valence-electron chi connectivity index (χ3n) is 2.57. The number of amides is 1. The van der Waals surface area contributed by atoms with E-state index in [-0.39, 0.29) is 34.7 Å². The number of phenols is 1. The van der Waals surface area contributed by atoms with Gasteiger partial charge >= 0.3 is 0 Å². The van der Waals surface area contributed by atoms with Crippen LogP contribution < -0.4 is 22.8 Å². The molecule has 0 radical (unpaired) electrons. The summed E-state index contributed by atoms with van der Waals surface area (Å²) in [5.74, 6) is -0.521. The number of rotatable bonds is 3. The Morgan fingerprint density at radius 3 is 2.36 bits per heavy atom. The van der Waals surface area contributed by atoms with Crippen LogP contribution in [0.25, 0.3) is 0 Å². The fourth-order valence-electron chi connectivity index (χ4n) is 1.54. The van der Waals surface area contributed by atoms with Crippen LogP contribution >= 0.6 is 0 Å². The SMILES string of the molecule is C/C(=N\NC(=O)c1ccccc1O)c1cccc[nH+]1.O.O.[Cl-]. The van der Waals surface area contributed by atoms with Gasteiger partial charge in [-0.3, -0.25) is 4.79 Å². The Labute approximate surface area is 133 Å². The largest absolute Gasteiger partial charge is 1.00 e. The molecule has 7 nitrogen and oxygen atoms in total. The molecule has 0 bridgehead atoms. The molecule has 22 heavy (non-hydrogen) atoms. The molecule has 0 aliphatic carbocycles. The second kappa shape index (κ2) is 10.3. The van der Waals surface area contributed by atoms with E-state index in [0.717, 1.165) is 5.69 Å². The minimum Gasteiger partial charge on any atom is -1.00 e. The first-order chi connectivity index (χ1) is 9.18. The highest BCUT2D eigenvalue weighted by atomic mass is 35.5. The fourth-order valence-corrected chi connectivity index (χ4v) is 1.54. The maximum Gasteiger partial charge on any atom is 0.275 e. The number of nitrogens with one attached hydrogen (secondary N) is 2. The third kappa shape index (κ3) is 5.49. The van der Waals surface area contributed by atoms with E-state index in [1.54, 1.807) is 25.3 Å². The molecular weight excluding hydrogens is 310 g/mol. The molecule has 1 aromatic carbocycles. The summed E-state index contributed by atoms with van der Waals surface area (Å²) in [6.45, 7) is 1.77. The van der Waals surface area contributed by atoms with Crippen molar-refractivity contribution in [2.45, 2.75) is 6.92 Å². The summed E-state index contributed by atoms with van der Waals surface area (Å²) >= 11 is 0. The Bertz CT molecular complexity index is 620. The molecular formula is C14H18ClN3O4. The molecule has 0 saturated heterocycles. The first kappa shape index (κ1) is 21.8.